The summed E-state index contributed by atoms with van der Waals surface area (Å²) in [6.45, 7) is 0.907. The highest BCUT2D eigenvalue weighted by atomic mass is 79.9. The van der Waals surface area contributed by atoms with Crippen molar-refractivity contribution in [1.82, 2.24) is 15.1 Å². The van der Waals surface area contributed by atoms with Crippen molar-refractivity contribution >= 4 is 33.7 Å². The van der Waals surface area contributed by atoms with Crippen molar-refractivity contribution in [1.29, 1.82) is 0 Å². The summed E-state index contributed by atoms with van der Waals surface area (Å²) in [5, 5.41) is 3.06. The number of likely N-dealkylation sites (N-methyl/N-ethyl adjacent to an activating group) is 1. The van der Waals surface area contributed by atoms with Crippen LogP contribution in [0.5, 0.6) is 0 Å². The maximum absolute atomic E-state index is 12.5. The smallest absolute Gasteiger partial charge is 0.261 e. The molecule has 1 aliphatic heterocycles. The summed E-state index contributed by atoms with van der Waals surface area (Å²) >= 11 is 3.32. The van der Waals surface area contributed by atoms with E-state index in [0.29, 0.717) is 24.1 Å². The van der Waals surface area contributed by atoms with Gasteiger partial charge in [0, 0.05) is 24.0 Å². The molecule has 3 amide bonds. The van der Waals surface area contributed by atoms with Gasteiger partial charge in [-0.05, 0) is 44.3 Å². The van der Waals surface area contributed by atoms with E-state index >= 15 is 0 Å². The van der Waals surface area contributed by atoms with E-state index in [1.54, 1.807) is 18.2 Å². The predicted molar refractivity (Wildman–Crippen MR) is 115 cm³/mol. The van der Waals surface area contributed by atoms with Gasteiger partial charge in [0.25, 0.3) is 11.8 Å². The largest absolute Gasteiger partial charge is 0.348 e. The molecule has 0 saturated carbocycles. The monoisotopic (exact) mass is 457 g/mol. The van der Waals surface area contributed by atoms with Crippen LogP contribution in [0.3, 0.4) is 0 Å². The van der Waals surface area contributed by atoms with Crippen LogP contribution in [0.4, 0.5) is 0 Å². The molecule has 0 aromatic heterocycles. The van der Waals surface area contributed by atoms with Gasteiger partial charge in [-0.1, -0.05) is 46.3 Å². The molecule has 0 fully saturated rings. The molecular weight excluding hydrogens is 434 g/mol. The Morgan fingerprint density at radius 3 is 2.45 bits per heavy atom. The first-order valence-corrected chi connectivity index (χ1v) is 10.3. The average molecular weight is 458 g/mol. The van der Waals surface area contributed by atoms with Crippen molar-refractivity contribution in [3.05, 3.63) is 69.7 Å². The summed E-state index contributed by atoms with van der Waals surface area (Å²) in [6, 6.07) is 14.8. The fourth-order valence-corrected chi connectivity index (χ4v) is 3.78. The van der Waals surface area contributed by atoms with Crippen LogP contribution in [-0.2, 0) is 4.79 Å². The molecule has 0 radical (unpaired) electrons. The first-order chi connectivity index (χ1) is 13.9. The zero-order chi connectivity index (χ0) is 21.0. The molecule has 0 unspecified atom stereocenters. The minimum Gasteiger partial charge on any atom is -0.348 e. The van der Waals surface area contributed by atoms with E-state index in [4.69, 9.17) is 0 Å². The molecule has 1 heterocycles. The van der Waals surface area contributed by atoms with Gasteiger partial charge in [0.1, 0.15) is 0 Å². The number of carbonyl (C=O) groups excluding carboxylic acids is 3. The number of halogens is 1. The Labute approximate surface area is 179 Å². The number of nitrogens with zero attached hydrogens (tertiary/aromatic N) is 2. The van der Waals surface area contributed by atoms with Crippen LogP contribution in [0.15, 0.2) is 53.0 Å². The van der Waals surface area contributed by atoms with E-state index in [1.807, 2.05) is 49.3 Å². The molecule has 3 rings (SSSR count). The van der Waals surface area contributed by atoms with E-state index in [2.05, 4.69) is 21.2 Å². The zero-order valence-corrected chi connectivity index (χ0v) is 18.1. The number of rotatable bonds is 8. The second-order valence-corrected chi connectivity index (χ2v) is 8.26. The second kappa shape index (κ2) is 9.33. The third kappa shape index (κ3) is 5.10. The third-order valence-electron chi connectivity index (χ3n) is 4.80. The van der Waals surface area contributed by atoms with E-state index in [9.17, 15) is 14.4 Å². The van der Waals surface area contributed by atoms with Crippen LogP contribution in [0.25, 0.3) is 0 Å². The molecule has 2 aromatic rings. The standard InChI is InChI=1S/C22H24BrN3O3/c1-25(2)14-19(15-7-4-3-5-8-15)24-20(27)9-6-12-26-21(28)17-11-10-16(23)13-18(17)22(26)29/h3-5,7-8,10-11,13,19H,6,9,12,14H2,1-2H3,(H,24,27)/t19-/m1/s1. The topological polar surface area (TPSA) is 69.7 Å². The highest BCUT2D eigenvalue weighted by molar-refractivity contribution is 9.10. The van der Waals surface area contributed by atoms with Crippen LogP contribution in [0.2, 0.25) is 0 Å². The van der Waals surface area contributed by atoms with Gasteiger partial charge in [0.05, 0.1) is 17.2 Å². The molecule has 6 nitrogen and oxygen atoms in total. The molecule has 2 aromatic carbocycles. The number of fused-ring (bicyclic) bond motifs is 1. The van der Waals surface area contributed by atoms with Crippen molar-refractivity contribution < 1.29 is 14.4 Å². The summed E-state index contributed by atoms with van der Waals surface area (Å²) in [7, 11) is 3.92. The second-order valence-electron chi connectivity index (χ2n) is 7.35. The summed E-state index contributed by atoms with van der Waals surface area (Å²) in [5.74, 6) is -0.700. The number of nitrogens with one attached hydrogen (secondary N) is 1. The number of imide groups is 1. The number of benzene rings is 2. The van der Waals surface area contributed by atoms with Gasteiger partial charge in [-0.2, -0.15) is 0 Å². The van der Waals surface area contributed by atoms with Crippen LogP contribution >= 0.6 is 15.9 Å². The van der Waals surface area contributed by atoms with Gasteiger partial charge in [-0.25, -0.2) is 0 Å². The predicted octanol–water partition coefficient (Wildman–Crippen LogP) is 3.24. The summed E-state index contributed by atoms with van der Waals surface area (Å²) in [6.07, 6.45) is 0.663. The molecule has 0 saturated heterocycles. The van der Waals surface area contributed by atoms with Gasteiger partial charge < -0.3 is 10.2 Å². The van der Waals surface area contributed by atoms with E-state index in [-0.39, 0.29) is 36.7 Å². The minimum absolute atomic E-state index is 0.0972. The van der Waals surface area contributed by atoms with Gasteiger partial charge in [0.2, 0.25) is 5.91 Å². The Balaban J connectivity index is 1.55. The minimum atomic E-state index is -0.304. The maximum Gasteiger partial charge on any atom is 0.261 e. The number of carbonyl (C=O) groups is 3. The number of hydrogen-bond donors (Lipinski definition) is 1. The summed E-state index contributed by atoms with van der Waals surface area (Å²) < 4.78 is 0.756. The van der Waals surface area contributed by atoms with Gasteiger partial charge in [-0.15, -0.1) is 0 Å². The summed E-state index contributed by atoms with van der Waals surface area (Å²) in [4.78, 5) is 40.7. The van der Waals surface area contributed by atoms with Crippen molar-refractivity contribution in [3.63, 3.8) is 0 Å². The van der Waals surface area contributed by atoms with Gasteiger partial charge in [0.15, 0.2) is 0 Å². The quantitative estimate of drug-likeness (QED) is 0.617. The molecule has 0 bridgehead atoms. The molecule has 152 valence electrons. The van der Waals surface area contributed by atoms with Crippen LogP contribution in [0.1, 0.15) is 45.2 Å². The fourth-order valence-electron chi connectivity index (χ4n) is 3.42. The Morgan fingerprint density at radius 2 is 1.76 bits per heavy atom. The molecule has 29 heavy (non-hydrogen) atoms. The lowest BCUT2D eigenvalue weighted by Crippen LogP contribution is -2.36. The zero-order valence-electron chi connectivity index (χ0n) is 16.5. The highest BCUT2D eigenvalue weighted by Gasteiger charge is 2.35. The molecule has 0 spiro atoms. The molecule has 1 aliphatic rings. The van der Waals surface area contributed by atoms with Crippen molar-refractivity contribution in [2.45, 2.75) is 18.9 Å². The number of hydrogen-bond acceptors (Lipinski definition) is 4. The SMILES string of the molecule is CN(C)C[C@@H](NC(=O)CCCN1C(=O)c2ccc(Br)cc2C1=O)c1ccccc1. The summed E-state index contributed by atoms with van der Waals surface area (Å²) in [5.41, 5.74) is 1.86. The van der Waals surface area contributed by atoms with Gasteiger partial charge in [-0.3, -0.25) is 19.3 Å². The molecule has 0 aliphatic carbocycles. The first kappa shape index (κ1) is 21.2. The Hall–Kier alpha value is -2.51. The van der Waals surface area contributed by atoms with E-state index in [0.717, 1.165) is 10.0 Å². The highest BCUT2D eigenvalue weighted by Crippen LogP contribution is 2.26. The Morgan fingerprint density at radius 1 is 1.07 bits per heavy atom. The van der Waals surface area contributed by atoms with E-state index < -0.39 is 0 Å². The molecule has 1 atom stereocenters. The van der Waals surface area contributed by atoms with Crippen molar-refractivity contribution in [2.24, 2.45) is 0 Å². The van der Waals surface area contributed by atoms with Crippen molar-refractivity contribution in [3.8, 4) is 0 Å². The lowest BCUT2D eigenvalue weighted by molar-refractivity contribution is -0.122. The fraction of sp³-hybridized carbons (Fsp3) is 0.318. The lowest BCUT2D eigenvalue weighted by atomic mass is 10.1. The Kier molecular flexibility index (Phi) is 6.82. The molecule has 7 heteroatoms. The van der Waals surface area contributed by atoms with Crippen LogP contribution in [0, 0.1) is 0 Å². The maximum atomic E-state index is 12.5. The van der Waals surface area contributed by atoms with Gasteiger partial charge >= 0.3 is 0 Å². The third-order valence-corrected chi connectivity index (χ3v) is 5.30. The first-order valence-electron chi connectivity index (χ1n) is 9.51. The van der Waals surface area contributed by atoms with Crippen molar-refractivity contribution in [2.75, 3.05) is 27.2 Å². The lowest BCUT2D eigenvalue weighted by Gasteiger charge is -2.23. The molecular formula is C22H24BrN3O3. The number of amides is 3. The van der Waals surface area contributed by atoms with Crippen LogP contribution < -0.4 is 5.32 Å². The van der Waals surface area contributed by atoms with E-state index in [1.165, 1.54) is 4.90 Å². The van der Waals surface area contributed by atoms with Crippen LogP contribution in [-0.4, -0.2) is 54.7 Å². The molecule has 1 N–H and O–H groups in total. The normalized spacial score (nSPS) is 14.3. The Bertz CT molecular complexity index is 915. The average Bonchev–Trinajstić information content (AvgIpc) is 2.92.